The quantitative estimate of drug-likeness (QED) is 0.703. The number of amides is 1. The van der Waals surface area contributed by atoms with Crippen LogP contribution in [0.1, 0.15) is 33.1 Å². The van der Waals surface area contributed by atoms with Crippen LogP contribution in [-0.2, 0) is 20.3 Å². The van der Waals surface area contributed by atoms with Gasteiger partial charge in [0.05, 0.1) is 19.0 Å². The van der Waals surface area contributed by atoms with Crippen LogP contribution in [0.4, 0.5) is 0 Å². The minimum absolute atomic E-state index is 0.0265. The largest absolute Gasteiger partial charge is 0.370 e. The summed E-state index contributed by atoms with van der Waals surface area (Å²) in [4.78, 5) is 14.3. The molecular formula is C22H29N2O4S+. The first kappa shape index (κ1) is 21.5. The molecule has 1 aliphatic rings. The Hall–Kier alpha value is -2.22. The number of nitrogens with one attached hydrogen (secondary N) is 2. The summed E-state index contributed by atoms with van der Waals surface area (Å²) in [6, 6.07) is 14.9. The lowest BCUT2D eigenvalue weighted by molar-refractivity contribution is -0.909. The lowest BCUT2D eigenvalue weighted by Crippen LogP contribution is -3.14. The Morgan fingerprint density at radius 1 is 1.07 bits per heavy atom. The van der Waals surface area contributed by atoms with Gasteiger partial charge in [0.1, 0.15) is 25.7 Å². The molecular weight excluding hydrogens is 388 g/mol. The summed E-state index contributed by atoms with van der Waals surface area (Å²) in [7, 11) is -3.10. The summed E-state index contributed by atoms with van der Waals surface area (Å²) in [6.45, 7) is 6.18. The SMILES string of the molecule is Cc1ccc([C@@H](C[NH+]2CCOCC2)NC(=O)c2ccc(CS(C)(=O)=O)cc2)cc1. The summed E-state index contributed by atoms with van der Waals surface area (Å²) in [5, 5.41) is 3.17. The first-order valence-electron chi connectivity index (χ1n) is 9.85. The molecule has 0 spiro atoms. The van der Waals surface area contributed by atoms with E-state index in [0.29, 0.717) is 11.1 Å². The van der Waals surface area contributed by atoms with Crippen LogP contribution < -0.4 is 10.2 Å². The molecule has 0 radical (unpaired) electrons. The molecule has 2 aromatic carbocycles. The molecule has 2 N–H and O–H groups in total. The van der Waals surface area contributed by atoms with Crippen LogP contribution in [-0.4, -0.2) is 53.4 Å². The van der Waals surface area contributed by atoms with Crippen molar-refractivity contribution in [1.82, 2.24) is 5.32 Å². The van der Waals surface area contributed by atoms with Crippen LogP contribution in [0.25, 0.3) is 0 Å². The average molecular weight is 418 g/mol. The van der Waals surface area contributed by atoms with Gasteiger partial charge in [0.15, 0.2) is 9.84 Å². The zero-order valence-electron chi connectivity index (χ0n) is 17.0. The van der Waals surface area contributed by atoms with Gasteiger partial charge in [-0.2, -0.15) is 0 Å². The number of benzene rings is 2. The molecule has 0 bridgehead atoms. The molecule has 156 valence electrons. The monoisotopic (exact) mass is 417 g/mol. The highest BCUT2D eigenvalue weighted by atomic mass is 32.2. The normalized spacial score (nSPS) is 16.3. The number of carbonyl (C=O) groups excluding carboxylic acids is 1. The molecule has 0 aromatic heterocycles. The van der Waals surface area contributed by atoms with Crippen molar-refractivity contribution < 1.29 is 22.8 Å². The third-order valence-corrected chi connectivity index (χ3v) is 5.98. The predicted molar refractivity (Wildman–Crippen MR) is 113 cm³/mol. The molecule has 1 amide bonds. The molecule has 0 aliphatic carbocycles. The molecule has 1 saturated heterocycles. The van der Waals surface area contributed by atoms with Crippen LogP contribution in [0.15, 0.2) is 48.5 Å². The number of quaternary nitrogens is 1. The number of sulfone groups is 1. The van der Waals surface area contributed by atoms with Crippen molar-refractivity contribution >= 4 is 15.7 Å². The topological polar surface area (TPSA) is 76.9 Å². The Kier molecular flexibility index (Phi) is 7.05. The van der Waals surface area contributed by atoms with E-state index in [1.54, 1.807) is 24.3 Å². The molecule has 29 heavy (non-hydrogen) atoms. The highest BCUT2D eigenvalue weighted by Gasteiger charge is 2.23. The molecule has 3 rings (SSSR count). The Labute approximate surface area is 172 Å². The summed E-state index contributed by atoms with van der Waals surface area (Å²) >= 11 is 0. The van der Waals surface area contributed by atoms with Crippen LogP contribution in [0.3, 0.4) is 0 Å². The maximum atomic E-state index is 12.9. The summed E-state index contributed by atoms with van der Waals surface area (Å²) in [6.07, 6.45) is 1.20. The predicted octanol–water partition coefficient (Wildman–Crippen LogP) is 0.926. The van der Waals surface area contributed by atoms with Gasteiger partial charge in [-0.15, -0.1) is 0 Å². The number of aryl methyl sites for hydroxylation is 1. The molecule has 0 saturated carbocycles. The summed E-state index contributed by atoms with van der Waals surface area (Å²) < 4.78 is 28.3. The number of hydrogen-bond donors (Lipinski definition) is 2. The van der Waals surface area contributed by atoms with Gasteiger partial charge in [0.25, 0.3) is 5.91 Å². The minimum atomic E-state index is -3.10. The smallest absolute Gasteiger partial charge is 0.251 e. The van der Waals surface area contributed by atoms with Gasteiger partial charge >= 0.3 is 0 Å². The van der Waals surface area contributed by atoms with Crippen molar-refractivity contribution in [2.45, 2.75) is 18.7 Å². The van der Waals surface area contributed by atoms with Crippen LogP contribution >= 0.6 is 0 Å². The van der Waals surface area contributed by atoms with Crippen LogP contribution in [0, 0.1) is 6.92 Å². The fourth-order valence-electron chi connectivity index (χ4n) is 3.50. The standard InChI is InChI=1S/C22H28N2O4S/c1-17-3-7-19(8-4-17)21(15-24-11-13-28-14-12-24)23-22(25)20-9-5-18(6-10-20)16-29(2,26)27/h3-10,21H,11-16H2,1-2H3,(H,23,25)/p+1/t21-/m1/s1. The van der Waals surface area contributed by atoms with Gasteiger partial charge in [-0.1, -0.05) is 42.0 Å². The van der Waals surface area contributed by atoms with Crippen molar-refractivity contribution in [3.63, 3.8) is 0 Å². The van der Waals surface area contributed by atoms with Crippen LogP contribution in [0.2, 0.25) is 0 Å². The Morgan fingerprint density at radius 2 is 1.69 bits per heavy atom. The second kappa shape index (κ2) is 9.52. The highest BCUT2D eigenvalue weighted by molar-refractivity contribution is 7.89. The summed E-state index contributed by atoms with van der Waals surface area (Å²) in [5.41, 5.74) is 3.46. The van der Waals surface area contributed by atoms with Gasteiger partial charge in [-0.05, 0) is 30.2 Å². The highest BCUT2D eigenvalue weighted by Crippen LogP contribution is 2.15. The maximum absolute atomic E-state index is 12.9. The molecule has 0 unspecified atom stereocenters. The second-order valence-corrected chi connectivity index (χ2v) is 9.91. The van der Waals surface area contributed by atoms with Crippen LogP contribution in [0.5, 0.6) is 0 Å². The number of hydrogen-bond acceptors (Lipinski definition) is 4. The van der Waals surface area contributed by atoms with Gasteiger partial charge in [0.2, 0.25) is 0 Å². The van der Waals surface area contributed by atoms with Crippen molar-refractivity contribution in [2.24, 2.45) is 0 Å². The number of rotatable bonds is 7. The first-order chi connectivity index (χ1) is 13.8. The first-order valence-corrected chi connectivity index (χ1v) is 11.9. The lowest BCUT2D eigenvalue weighted by Gasteiger charge is -2.28. The molecule has 1 fully saturated rings. The van der Waals surface area contributed by atoms with Crippen molar-refractivity contribution in [1.29, 1.82) is 0 Å². The Bertz CT molecular complexity index is 918. The van der Waals surface area contributed by atoms with E-state index in [1.165, 1.54) is 16.7 Å². The molecule has 1 aliphatic heterocycles. The fourth-order valence-corrected chi connectivity index (χ4v) is 4.30. The van der Waals surface area contributed by atoms with E-state index >= 15 is 0 Å². The Morgan fingerprint density at radius 3 is 2.28 bits per heavy atom. The Balaban J connectivity index is 1.73. The molecule has 1 heterocycles. The van der Waals surface area contributed by atoms with E-state index in [0.717, 1.165) is 38.4 Å². The number of ether oxygens (including phenoxy) is 1. The third-order valence-electron chi connectivity index (χ3n) is 5.12. The fraction of sp³-hybridized carbons (Fsp3) is 0.409. The molecule has 1 atom stereocenters. The maximum Gasteiger partial charge on any atom is 0.251 e. The number of carbonyl (C=O) groups is 1. The van der Waals surface area contributed by atoms with Crippen molar-refractivity contribution in [3.05, 3.63) is 70.8 Å². The van der Waals surface area contributed by atoms with E-state index in [9.17, 15) is 13.2 Å². The van der Waals surface area contributed by atoms with Gasteiger partial charge < -0.3 is 15.0 Å². The minimum Gasteiger partial charge on any atom is -0.370 e. The zero-order valence-corrected chi connectivity index (χ0v) is 17.8. The van der Waals surface area contributed by atoms with E-state index in [2.05, 4.69) is 29.6 Å². The van der Waals surface area contributed by atoms with Gasteiger partial charge in [-0.25, -0.2) is 8.42 Å². The van der Waals surface area contributed by atoms with Gasteiger partial charge in [-0.3, -0.25) is 4.79 Å². The third kappa shape index (κ3) is 6.66. The van der Waals surface area contributed by atoms with Gasteiger partial charge in [0, 0.05) is 11.8 Å². The van der Waals surface area contributed by atoms with E-state index < -0.39 is 9.84 Å². The average Bonchev–Trinajstić information content (AvgIpc) is 2.68. The zero-order chi connectivity index (χ0) is 20.9. The molecule has 7 heteroatoms. The van der Waals surface area contributed by atoms with E-state index in [-0.39, 0.29) is 17.7 Å². The lowest BCUT2D eigenvalue weighted by atomic mass is 10.0. The summed E-state index contributed by atoms with van der Waals surface area (Å²) in [5.74, 6) is -0.185. The van der Waals surface area contributed by atoms with E-state index in [4.69, 9.17) is 4.74 Å². The van der Waals surface area contributed by atoms with E-state index in [1.807, 2.05) is 6.92 Å². The second-order valence-electron chi connectivity index (χ2n) is 7.77. The van der Waals surface area contributed by atoms with Crippen molar-refractivity contribution in [3.8, 4) is 0 Å². The molecule has 2 aromatic rings. The number of morpholine rings is 1. The van der Waals surface area contributed by atoms with Crippen molar-refractivity contribution in [2.75, 3.05) is 39.1 Å². The molecule has 6 nitrogen and oxygen atoms in total.